The van der Waals surface area contributed by atoms with E-state index in [2.05, 4.69) is 0 Å². The highest BCUT2D eigenvalue weighted by Crippen LogP contribution is 2.54. The maximum absolute atomic E-state index is 16.4. The molecule has 0 aromatic heterocycles. The molecule has 22 heteroatoms. The quantitative estimate of drug-likeness (QED) is 0.0548. The lowest BCUT2D eigenvalue weighted by atomic mass is 9.43. The van der Waals surface area contributed by atoms with Gasteiger partial charge in [-0.25, -0.2) is 92.2 Å². The molecule has 6 aromatic rings. The summed E-state index contributed by atoms with van der Waals surface area (Å²) in [6.45, 7) is 0.210. The highest BCUT2D eigenvalue weighted by atomic mass is 19.2. The summed E-state index contributed by atoms with van der Waals surface area (Å²) >= 11 is 0. The number of fused-ring (bicyclic) bond motifs is 3. The summed E-state index contributed by atoms with van der Waals surface area (Å²) in [7, 11) is -2.15. The van der Waals surface area contributed by atoms with Gasteiger partial charge in [-0.2, -0.15) is 0 Å². The second-order valence-electron chi connectivity index (χ2n) is 11.2. The lowest BCUT2D eigenvalue weighted by Gasteiger charge is -2.38. The highest BCUT2D eigenvalue weighted by molar-refractivity contribution is 6.43. The van der Waals surface area contributed by atoms with Crippen LogP contribution in [0.2, 0.25) is 6.82 Å². The van der Waals surface area contributed by atoms with E-state index in [0.717, 1.165) is 0 Å². The van der Waals surface area contributed by atoms with Gasteiger partial charge in [0, 0.05) is 38.2 Å². The molecule has 0 unspecified atom stereocenters. The first kappa shape index (κ1) is 38.4. The Balaban J connectivity index is 2.19. The SMILES string of the molecule is CBC(c1c(F)c(F)c(F)c2c(F)c(F)c(F)c(F)c12)(c1c(F)c(F)c(F)c2c(F)c(F)c(F)c(F)c12)c1c(F)c(F)c(F)c2c(F)c(F)c(F)c(F)c12. The van der Waals surface area contributed by atoms with Crippen molar-refractivity contribution in [3.05, 3.63) is 139 Å². The van der Waals surface area contributed by atoms with E-state index in [9.17, 15) is 26.3 Å². The van der Waals surface area contributed by atoms with E-state index >= 15 is 65.9 Å². The minimum Gasteiger partial charge on any atom is -0.203 e. The van der Waals surface area contributed by atoms with E-state index in [1.54, 1.807) is 0 Å². The van der Waals surface area contributed by atoms with Gasteiger partial charge in [0.2, 0.25) is 0 Å². The Hall–Kier alpha value is -5.31. The smallest absolute Gasteiger partial charge is 0.198 e. The van der Waals surface area contributed by atoms with E-state index < -0.39 is 184 Å². The van der Waals surface area contributed by atoms with Crippen LogP contribution in [0.3, 0.4) is 0 Å². The molecule has 0 aliphatic carbocycles. The summed E-state index contributed by atoms with van der Waals surface area (Å²) in [5, 5.41) is -21.0. The molecule has 0 radical (unpaired) electrons. The van der Waals surface area contributed by atoms with Gasteiger partial charge in [0.05, 0.1) is 16.2 Å². The van der Waals surface area contributed by atoms with Gasteiger partial charge in [-0.3, -0.25) is 0 Å². The second-order valence-corrected chi connectivity index (χ2v) is 11.2. The van der Waals surface area contributed by atoms with Gasteiger partial charge in [-0.15, -0.1) is 0 Å². The van der Waals surface area contributed by atoms with Crippen LogP contribution in [0.15, 0.2) is 0 Å². The Morgan fingerprint density at radius 2 is 0.370 bits per heavy atom. The predicted molar refractivity (Wildman–Crippen MR) is 144 cm³/mol. The van der Waals surface area contributed by atoms with Crippen molar-refractivity contribution in [2.24, 2.45) is 0 Å². The molecule has 0 aliphatic rings. The van der Waals surface area contributed by atoms with Crippen molar-refractivity contribution in [3.63, 3.8) is 0 Å². The average molecular weight is 798 g/mol. The molecule has 0 N–H and O–H groups in total. The zero-order valence-electron chi connectivity index (χ0n) is 25.1. The zero-order valence-corrected chi connectivity index (χ0v) is 25.1. The van der Waals surface area contributed by atoms with Gasteiger partial charge in [-0.05, 0) is 0 Å². The molecule has 6 aromatic carbocycles. The van der Waals surface area contributed by atoms with Crippen molar-refractivity contribution in [1.82, 2.24) is 0 Å². The number of hydrogen-bond acceptors (Lipinski definition) is 0. The fourth-order valence-electron chi connectivity index (χ4n) is 6.60. The number of rotatable bonds is 4. The minimum atomic E-state index is -4.89. The number of benzene rings is 6. The topological polar surface area (TPSA) is 0 Å². The molecule has 282 valence electrons. The lowest BCUT2D eigenvalue weighted by molar-refractivity contribution is 0.399. The van der Waals surface area contributed by atoms with E-state index in [4.69, 9.17) is 0 Å². The Labute approximate surface area is 283 Å². The first-order valence-corrected chi connectivity index (χ1v) is 14.0. The van der Waals surface area contributed by atoms with Crippen LogP contribution in [0.25, 0.3) is 32.3 Å². The van der Waals surface area contributed by atoms with Gasteiger partial charge in [0.25, 0.3) is 0 Å². The highest BCUT2D eigenvalue weighted by Gasteiger charge is 2.52. The third-order valence-electron chi connectivity index (χ3n) is 8.84. The molecule has 0 atom stereocenters. The van der Waals surface area contributed by atoms with Crippen LogP contribution in [0.1, 0.15) is 16.7 Å². The van der Waals surface area contributed by atoms with E-state index in [1.807, 2.05) is 0 Å². The van der Waals surface area contributed by atoms with Crippen molar-refractivity contribution in [3.8, 4) is 0 Å². The molecule has 54 heavy (non-hydrogen) atoms. The van der Waals surface area contributed by atoms with E-state index in [-0.39, 0.29) is 6.82 Å². The fraction of sp³-hybridized carbons (Fsp3) is 0.0625. The summed E-state index contributed by atoms with van der Waals surface area (Å²) in [6, 6.07) is 0. The molecule has 0 fully saturated rings. The first-order chi connectivity index (χ1) is 25.1. The van der Waals surface area contributed by atoms with Crippen molar-refractivity contribution in [2.45, 2.75) is 12.1 Å². The van der Waals surface area contributed by atoms with Crippen LogP contribution in [-0.4, -0.2) is 7.28 Å². The molecule has 6 rings (SSSR count). The van der Waals surface area contributed by atoms with Crippen molar-refractivity contribution in [1.29, 1.82) is 0 Å². The van der Waals surface area contributed by atoms with Crippen LogP contribution in [-0.2, 0) is 5.31 Å². The second kappa shape index (κ2) is 12.4. The molecule has 0 spiro atoms. The monoisotopic (exact) mass is 798 g/mol. The largest absolute Gasteiger partial charge is 0.203 e. The maximum atomic E-state index is 16.4. The Kier molecular flexibility index (Phi) is 8.80. The van der Waals surface area contributed by atoms with Crippen LogP contribution in [0, 0.1) is 122 Å². The minimum absolute atomic E-state index is 0.210. The van der Waals surface area contributed by atoms with Crippen LogP contribution in [0.4, 0.5) is 92.2 Å². The molecule has 0 bridgehead atoms. The summed E-state index contributed by atoms with van der Waals surface area (Å²) in [5.74, 6) is -66.6. The van der Waals surface area contributed by atoms with Crippen molar-refractivity contribution < 1.29 is 92.2 Å². The molecule has 0 heterocycles. The normalized spacial score (nSPS) is 12.3. The van der Waals surface area contributed by atoms with Gasteiger partial charge < -0.3 is 0 Å². The Bertz CT molecular complexity index is 2410. The number of halogens is 21. The summed E-state index contributed by atoms with van der Waals surface area (Å²) in [5.41, 5.74) is -8.54. The lowest BCUT2D eigenvalue weighted by Crippen LogP contribution is -2.41. The predicted octanol–water partition coefficient (Wildman–Crippen LogP) is 10.8. The van der Waals surface area contributed by atoms with E-state index in [1.165, 1.54) is 0 Å². The molecular formula is C32H4BF21. The maximum Gasteiger partial charge on any atom is 0.198 e. The Morgan fingerprint density at radius 3 is 0.537 bits per heavy atom. The molecule has 0 saturated carbocycles. The van der Waals surface area contributed by atoms with Crippen molar-refractivity contribution >= 4 is 39.6 Å². The molecule has 0 nitrogen and oxygen atoms in total. The molecule has 0 saturated heterocycles. The molecular weight excluding hydrogens is 794 g/mol. The molecule has 0 amide bonds. The van der Waals surface area contributed by atoms with Gasteiger partial charge in [-0.1, -0.05) is 6.82 Å². The average Bonchev–Trinajstić information content (AvgIpc) is 3.14. The Morgan fingerprint density at radius 1 is 0.222 bits per heavy atom. The third kappa shape index (κ3) is 4.47. The standard InChI is InChI=1S/C32H4BF21/c1-33-32(8-2-5(14(37)23(46)20(8)43)17(40)29(52)26(49)11(2)34,9-3-6(15(38)24(47)21(9)44)18(41)30(53)27(50)12(3)35)10-4-7(16(39)25(48)22(10)45)19(42)31(54)28(51)13(4)36/h33H,1H3. The number of hydrogen-bond donors (Lipinski definition) is 0. The van der Waals surface area contributed by atoms with Crippen molar-refractivity contribution in [2.75, 3.05) is 0 Å². The summed E-state index contributed by atoms with van der Waals surface area (Å²) in [4.78, 5) is 0. The van der Waals surface area contributed by atoms with Crippen LogP contribution < -0.4 is 0 Å². The zero-order chi connectivity index (χ0) is 40.5. The molecule has 0 aliphatic heterocycles. The van der Waals surface area contributed by atoms with Crippen LogP contribution >= 0.6 is 0 Å². The van der Waals surface area contributed by atoms with Gasteiger partial charge >= 0.3 is 0 Å². The third-order valence-corrected chi connectivity index (χ3v) is 8.84. The summed E-state index contributed by atoms with van der Waals surface area (Å²) < 4.78 is 321. The van der Waals surface area contributed by atoms with Gasteiger partial charge in [0.1, 0.15) is 7.28 Å². The first-order valence-electron chi connectivity index (χ1n) is 14.0. The van der Waals surface area contributed by atoms with E-state index in [0.29, 0.717) is 0 Å². The van der Waals surface area contributed by atoms with Crippen LogP contribution in [0.5, 0.6) is 0 Å². The summed E-state index contributed by atoms with van der Waals surface area (Å²) in [6.07, 6.45) is 0. The van der Waals surface area contributed by atoms with Gasteiger partial charge in [0.15, 0.2) is 122 Å². The fourth-order valence-corrected chi connectivity index (χ4v) is 6.60.